The second-order valence-electron chi connectivity index (χ2n) is 5.06. The van der Waals surface area contributed by atoms with Crippen LogP contribution in [0.3, 0.4) is 0 Å². The van der Waals surface area contributed by atoms with E-state index < -0.39 is 0 Å². The number of nitrogens with one attached hydrogen (secondary N) is 1. The van der Waals surface area contributed by atoms with Gasteiger partial charge in [-0.1, -0.05) is 18.3 Å². The van der Waals surface area contributed by atoms with Gasteiger partial charge in [0, 0.05) is 18.6 Å². The molecule has 0 aromatic carbocycles. The maximum absolute atomic E-state index is 5.61. The van der Waals surface area contributed by atoms with Crippen LogP contribution in [0.15, 0.2) is 18.2 Å². The summed E-state index contributed by atoms with van der Waals surface area (Å²) in [5.41, 5.74) is 6.30. The van der Waals surface area contributed by atoms with E-state index >= 15 is 0 Å². The van der Waals surface area contributed by atoms with Gasteiger partial charge in [0.1, 0.15) is 10.8 Å². The lowest BCUT2D eigenvalue weighted by Crippen LogP contribution is -2.34. The van der Waals surface area contributed by atoms with E-state index in [9.17, 15) is 0 Å². The molecule has 2 unspecified atom stereocenters. The summed E-state index contributed by atoms with van der Waals surface area (Å²) in [5.74, 6) is 0.888. The number of aromatic nitrogens is 1. The molecule has 96 valence electrons. The van der Waals surface area contributed by atoms with Gasteiger partial charge in [-0.05, 0) is 37.9 Å². The van der Waals surface area contributed by atoms with Crippen molar-refractivity contribution in [3.05, 3.63) is 23.9 Å². The molecule has 2 atom stereocenters. The molecule has 0 aliphatic carbocycles. The molecule has 2 saturated heterocycles. The lowest BCUT2D eigenvalue weighted by Gasteiger charge is -2.21. The van der Waals surface area contributed by atoms with Crippen molar-refractivity contribution in [3.63, 3.8) is 0 Å². The van der Waals surface area contributed by atoms with E-state index in [1.165, 1.54) is 32.4 Å². The lowest BCUT2D eigenvalue weighted by molar-refractivity contribution is 0.318. The summed E-state index contributed by atoms with van der Waals surface area (Å²) in [5, 5.41) is 3.54. The van der Waals surface area contributed by atoms with E-state index in [0.717, 1.165) is 5.82 Å². The van der Waals surface area contributed by atoms with Crippen molar-refractivity contribution in [1.29, 1.82) is 0 Å². The number of thiocarbonyl (C=S) groups is 1. The molecule has 3 N–H and O–H groups in total. The highest BCUT2D eigenvalue weighted by Gasteiger charge is 2.37. The Bertz CT molecular complexity index is 462. The molecule has 0 radical (unpaired) electrons. The van der Waals surface area contributed by atoms with Crippen molar-refractivity contribution in [2.24, 2.45) is 5.73 Å². The number of anilines is 1. The van der Waals surface area contributed by atoms with Crippen LogP contribution >= 0.6 is 12.2 Å². The fraction of sp³-hybridized carbons (Fsp3) is 0.538. The van der Waals surface area contributed by atoms with Crippen LogP contribution in [-0.2, 0) is 0 Å². The fourth-order valence-electron chi connectivity index (χ4n) is 3.09. The third-order valence-corrected chi connectivity index (χ3v) is 4.15. The van der Waals surface area contributed by atoms with Gasteiger partial charge in [-0.2, -0.15) is 0 Å². The Morgan fingerprint density at radius 3 is 3.11 bits per heavy atom. The van der Waals surface area contributed by atoms with Gasteiger partial charge >= 0.3 is 0 Å². The van der Waals surface area contributed by atoms with E-state index in [1.807, 2.05) is 18.2 Å². The Hall–Kier alpha value is -1.20. The van der Waals surface area contributed by atoms with Gasteiger partial charge in [0.25, 0.3) is 0 Å². The summed E-state index contributed by atoms with van der Waals surface area (Å²) in [6.07, 6.45) is 3.82. The first-order chi connectivity index (χ1) is 8.74. The topological polar surface area (TPSA) is 54.2 Å². The Kier molecular flexibility index (Phi) is 3.18. The number of nitrogens with zero attached hydrogens (tertiary/aromatic N) is 2. The smallest absolute Gasteiger partial charge is 0.127 e. The van der Waals surface area contributed by atoms with Crippen LogP contribution < -0.4 is 11.1 Å². The molecule has 0 spiro atoms. The molecule has 3 heterocycles. The molecular formula is C13H18N4S. The fourth-order valence-corrected chi connectivity index (χ4v) is 3.21. The van der Waals surface area contributed by atoms with E-state index in [4.69, 9.17) is 18.0 Å². The predicted octanol–water partition coefficient (Wildman–Crippen LogP) is 1.36. The van der Waals surface area contributed by atoms with Crippen molar-refractivity contribution >= 4 is 23.0 Å². The Morgan fingerprint density at radius 2 is 2.28 bits per heavy atom. The average molecular weight is 262 g/mol. The van der Waals surface area contributed by atoms with Gasteiger partial charge in [-0.15, -0.1) is 0 Å². The van der Waals surface area contributed by atoms with E-state index in [2.05, 4.69) is 15.2 Å². The molecule has 0 saturated carbocycles. The van der Waals surface area contributed by atoms with Crippen molar-refractivity contribution < 1.29 is 0 Å². The van der Waals surface area contributed by atoms with E-state index in [-0.39, 0.29) is 0 Å². The third kappa shape index (κ3) is 2.20. The summed E-state index contributed by atoms with van der Waals surface area (Å²) in [6, 6.07) is 6.98. The molecule has 2 aliphatic rings. The standard InChI is InChI=1S/C13H18N4S/c14-13(18)10-3-1-5-12(16-10)15-9-6-8-17-7-2-4-11(9)17/h1,3,5,9,11H,2,4,6-8H2,(H2,14,18)(H,15,16). The highest BCUT2D eigenvalue weighted by molar-refractivity contribution is 7.80. The maximum atomic E-state index is 5.61. The van der Waals surface area contributed by atoms with Crippen molar-refractivity contribution in [2.75, 3.05) is 18.4 Å². The number of hydrogen-bond acceptors (Lipinski definition) is 4. The highest BCUT2D eigenvalue weighted by atomic mass is 32.1. The Balaban J connectivity index is 1.72. The molecule has 0 amide bonds. The zero-order valence-electron chi connectivity index (χ0n) is 10.3. The molecular weight excluding hydrogens is 244 g/mol. The normalized spacial score (nSPS) is 27.1. The predicted molar refractivity (Wildman–Crippen MR) is 76.7 cm³/mol. The summed E-state index contributed by atoms with van der Waals surface area (Å²) < 4.78 is 0. The largest absolute Gasteiger partial charge is 0.388 e. The van der Waals surface area contributed by atoms with E-state index in [0.29, 0.717) is 22.8 Å². The van der Waals surface area contributed by atoms with Crippen LogP contribution in [0.4, 0.5) is 5.82 Å². The van der Waals surface area contributed by atoms with Gasteiger partial charge in [-0.25, -0.2) is 4.98 Å². The van der Waals surface area contributed by atoms with Crippen LogP contribution in [0, 0.1) is 0 Å². The minimum atomic E-state index is 0.354. The molecule has 18 heavy (non-hydrogen) atoms. The number of hydrogen-bond donors (Lipinski definition) is 2. The van der Waals surface area contributed by atoms with Gasteiger partial charge in [0.15, 0.2) is 0 Å². The monoisotopic (exact) mass is 262 g/mol. The molecule has 2 fully saturated rings. The molecule has 3 rings (SSSR count). The first kappa shape index (κ1) is 11.9. The quantitative estimate of drug-likeness (QED) is 0.806. The summed E-state index contributed by atoms with van der Waals surface area (Å²) in [7, 11) is 0. The van der Waals surface area contributed by atoms with Crippen molar-refractivity contribution in [3.8, 4) is 0 Å². The third-order valence-electron chi connectivity index (χ3n) is 3.94. The van der Waals surface area contributed by atoms with Gasteiger partial charge in [-0.3, -0.25) is 4.90 Å². The first-order valence-electron chi connectivity index (χ1n) is 6.51. The van der Waals surface area contributed by atoms with Crippen LogP contribution in [0.25, 0.3) is 0 Å². The first-order valence-corrected chi connectivity index (χ1v) is 6.92. The minimum Gasteiger partial charge on any atom is -0.388 e. The molecule has 4 nitrogen and oxygen atoms in total. The zero-order valence-corrected chi connectivity index (χ0v) is 11.1. The second-order valence-corrected chi connectivity index (χ2v) is 5.50. The van der Waals surface area contributed by atoms with Crippen molar-refractivity contribution in [1.82, 2.24) is 9.88 Å². The summed E-state index contributed by atoms with van der Waals surface area (Å²) in [4.78, 5) is 7.39. The number of rotatable bonds is 3. The van der Waals surface area contributed by atoms with Crippen molar-refractivity contribution in [2.45, 2.75) is 31.3 Å². The molecule has 1 aromatic heterocycles. The van der Waals surface area contributed by atoms with E-state index in [1.54, 1.807) is 0 Å². The maximum Gasteiger partial charge on any atom is 0.127 e. The highest BCUT2D eigenvalue weighted by Crippen LogP contribution is 2.29. The molecule has 0 bridgehead atoms. The van der Waals surface area contributed by atoms with Crippen LogP contribution in [0.5, 0.6) is 0 Å². The number of pyridine rings is 1. The SMILES string of the molecule is NC(=S)c1cccc(NC2CCN3CCCC23)n1. The second kappa shape index (κ2) is 4.82. The number of nitrogens with two attached hydrogens (primary N) is 1. The minimum absolute atomic E-state index is 0.354. The molecule has 5 heteroatoms. The summed E-state index contributed by atoms with van der Waals surface area (Å²) in [6.45, 7) is 2.46. The van der Waals surface area contributed by atoms with Crippen LogP contribution in [0.1, 0.15) is 25.0 Å². The molecule has 1 aromatic rings. The summed E-state index contributed by atoms with van der Waals surface area (Å²) >= 11 is 4.96. The molecule has 2 aliphatic heterocycles. The lowest BCUT2D eigenvalue weighted by atomic mass is 10.1. The van der Waals surface area contributed by atoms with Gasteiger partial charge in [0.05, 0.1) is 5.69 Å². The number of fused-ring (bicyclic) bond motifs is 1. The Morgan fingerprint density at radius 1 is 1.39 bits per heavy atom. The average Bonchev–Trinajstić information content (AvgIpc) is 2.94. The Labute approximate surface area is 113 Å². The van der Waals surface area contributed by atoms with Crippen LogP contribution in [-0.4, -0.2) is 40.0 Å². The van der Waals surface area contributed by atoms with Gasteiger partial charge < -0.3 is 11.1 Å². The van der Waals surface area contributed by atoms with Crippen LogP contribution in [0.2, 0.25) is 0 Å². The van der Waals surface area contributed by atoms with Gasteiger partial charge in [0.2, 0.25) is 0 Å². The zero-order chi connectivity index (χ0) is 12.5.